The van der Waals surface area contributed by atoms with Crippen molar-refractivity contribution >= 4 is 11.6 Å². The lowest BCUT2D eigenvalue weighted by Crippen LogP contribution is -2.17. The Balaban J connectivity index is 2.43. The third-order valence-corrected chi connectivity index (χ3v) is 3.64. The normalized spacial score (nSPS) is 10.4. The highest BCUT2D eigenvalue weighted by Gasteiger charge is 2.15. The van der Waals surface area contributed by atoms with Crippen molar-refractivity contribution in [2.75, 3.05) is 11.9 Å². The van der Waals surface area contributed by atoms with Crippen LogP contribution in [0.2, 0.25) is 0 Å². The Morgan fingerprint density at radius 3 is 2.48 bits per heavy atom. The number of hydrogen-bond acceptors (Lipinski definition) is 2. The minimum Gasteiger partial charge on any atom is -0.384 e. The van der Waals surface area contributed by atoms with Gasteiger partial charge in [0, 0.05) is 12.2 Å². The van der Waals surface area contributed by atoms with Crippen molar-refractivity contribution in [1.82, 2.24) is 0 Å². The van der Waals surface area contributed by atoms with Gasteiger partial charge >= 0.3 is 0 Å². The highest BCUT2D eigenvalue weighted by molar-refractivity contribution is 6.01. The van der Waals surface area contributed by atoms with Crippen LogP contribution in [0, 0.1) is 6.92 Å². The van der Waals surface area contributed by atoms with Crippen LogP contribution in [0.15, 0.2) is 42.5 Å². The quantitative estimate of drug-likeness (QED) is 0.788. The molecule has 0 aromatic heterocycles. The van der Waals surface area contributed by atoms with Gasteiger partial charge in [0.05, 0.1) is 5.56 Å². The van der Waals surface area contributed by atoms with E-state index in [4.69, 9.17) is 5.73 Å². The van der Waals surface area contributed by atoms with E-state index in [0.29, 0.717) is 5.56 Å². The molecule has 0 saturated heterocycles. The largest absolute Gasteiger partial charge is 0.384 e. The highest BCUT2D eigenvalue weighted by Crippen LogP contribution is 2.30. The van der Waals surface area contributed by atoms with Crippen LogP contribution in [0.4, 0.5) is 5.69 Å². The van der Waals surface area contributed by atoms with Gasteiger partial charge in [0.15, 0.2) is 0 Å². The molecular formula is C18H22N2O. The molecule has 1 amide bonds. The Morgan fingerprint density at radius 2 is 1.86 bits per heavy atom. The third kappa shape index (κ3) is 3.43. The summed E-state index contributed by atoms with van der Waals surface area (Å²) in [5.74, 6) is -0.385. The predicted molar refractivity (Wildman–Crippen MR) is 88.5 cm³/mol. The lowest BCUT2D eigenvalue weighted by atomic mass is 9.94. The zero-order valence-corrected chi connectivity index (χ0v) is 12.6. The molecule has 0 fully saturated rings. The molecule has 110 valence electrons. The maximum Gasteiger partial charge on any atom is 0.251 e. The number of rotatable bonds is 6. The number of unbranched alkanes of at least 4 members (excludes halogenated alkanes) is 1. The van der Waals surface area contributed by atoms with E-state index in [1.54, 1.807) is 0 Å². The SMILES string of the molecule is CCCCNc1ccc(-c2ccccc2)c(C)c1C(N)=O. The van der Waals surface area contributed by atoms with Gasteiger partial charge in [0.25, 0.3) is 5.91 Å². The Morgan fingerprint density at radius 1 is 1.14 bits per heavy atom. The van der Waals surface area contributed by atoms with Crippen LogP contribution >= 0.6 is 0 Å². The minimum absolute atomic E-state index is 0.385. The van der Waals surface area contributed by atoms with Crippen LogP contribution in [-0.2, 0) is 0 Å². The Labute approximate surface area is 126 Å². The van der Waals surface area contributed by atoms with E-state index in [9.17, 15) is 4.79 Å². The molecular weight excluding hydrogens is 260 g/mol. The summed E-state index contributed by atoms with van der Waals surface area (Å²) in [6, 6.07) is 14.0. The van der Waals surface area contributed by atoms with Gasteiger partial charge in [0.1, 0.15) is 0 Å². The molecule has 2 rings (SSSR count). The molecule has 0 aliphatic rings. The van der Waals surface area contributed by atoms with Crippen molar-refractivity contribution in [2.24, 2.45) is 5.73 Å². The van der Waals surface area contributed by atoms with E-state index in [2.05, 4.69) is 12.2 Å². The molecule has 2 aromatic rings. The lowest BCUT2D eigenvalue weighted by molar-refractivity contribution is 0.100. The van der Waals surface area contributed by atoms with Crippen LogP contribution in [-0.4, -0.2) is 12.5 Å². The molecule has 0 aliphatic carbocycles. The minimum atomic E-state index is -0.385. The second-order valence-electron chi connectivity index (χ2n) is 5.17. The Hall–Kier alpha value is -2.29. The molecule has 2 aromatic carbocycles. The fourth-order valence-electron chi connectivity index (χ4n) is 2.51. The summed E-state index contributed by atoms with van der Waals surface area (Å²) in [4.78, 5) is 11.8. The maximum atomic E-state index is 11.8. The fraction of sp³-hybridized carbons (Fsp3) is 0.278. The van der Waals surface area contributed by atoms with Crippen molar-refractivity contribution in [3.8, 4) is 11.1 Å². The van der Waals surface area contributed by atoms with E-state index in [1.807, 2.05) is 49.4 Å². The molecule has 21 heavy (non-hydrogen) atoms. The van der Waals surface area contributed by atoms with Gasteiger partial charge in [-0.15, -0.1) is 0 Å². The summed E-state index contributed by atoms with van der Waals surface area (Å²) >= 11 is 0. The average Bonchev–Trinajstić information content (AvgIpc) is 2.48. The van der Waals surface area contributed by atoms with Gasteiger partial charge < -0.3 is 11.1 Å². The molecule has 0 spiro atoms. The van der Waals surface area contributed by atoms with Gasteiger partial charge in [-0.1, -0.05) is 49.7 Å². The van der Waals surface area contributed by atoms with Gasteiger partial charge in [-0.3, -0.25) is 4.79 Å². The van der Waals surface area contributed by atoms with Gasteiger partial charge in [-0.05, 0) is 36.1 Å². The second kappa shape index (κ2) is 6.93. The number of benzene rings is 2. The molecule has 0 radical (unpaired) electrons. The number of carbonyl (C=O) groups excluding carboxylic acids is 1. The monoisotopic (exact) mass is 282 g/mol. The van der Waals surface area contributed by atoms with Gasteiger partial charge in [0.2, 0.25) is 0 Å². The summed E-state index contributed by atoms with van der Waals surface area (Å²) in [5.41, 5.74) is 10.1. The number of amides is 1. The molecule has 0 unspecified atom stereocenters. The first kappa shape index (κ1) is 15.1. The molecule has 0 atom stereocenters. The van der Waals surface area contributed by atoms with Crippen LogP contribution in [0.3, 0.4) is 0 Å². The first-order valence-corrected chi connectivity index (χ1v) is 7.37. The van der Waals surface area contributed by atoms with E-state index in [0.717, 1.165) is 41.8 Å². The molecule has 0 heterocycles. The molecule has 3 heteroatoms. The van der Waals surface area contributed by atoms with Crippen molar-refractivity contribution in [3.63, 3.8) is 0 Å². The fourth-order valence-corrected chi connectivity index (χ4v) is 2.51. The average molecular weight is 282 g/mol. The first-order chi connectivity index (χ1) is 10.1. The highest BCUT2D eigenvalue weighted by atomic mass is 16.1. The maximum absolute atomic E-state index is 11.8. The zero-order valence-electron chi connectivity index (χ0n) is 12.6. The number of nitrogens with one attached hydrogen (secondary N) is 1. The summed E-state index contributed by atoms with van der Waals surface area (Å²) in [6.07, 6.45) is 2.18. The van der Waals surface area contributed by atoms with Crippen molar-refractivity contribution in [1.29, 1.82) is 0 Å². The number of hydrogen-bond donors (Lipinski definition) is 2. The third-order valence-electron chi connectivity index (χ3n) is 3.64. The molecule has 3 N–H and O–H groups in total. The van der Waals surface area contributed by atoms with Crippen molar-refractivity contribution in [2.45, 2.75) is 26.7 Å². The van der Waals surface area contributed by atoms with Gasteiger partial charge in [-0.2, -0.15) is 0 Å². The summed E-state index contributed by atoms with van der Waals surface area (Å²) < 4.78 is 0. The molecule has 3 nitrogen and oxygen atoms in total. The first-order valence-electron chi connectivity index (χ1n) is 7.37. The lowest BCUT2D eigenvalue weighted by Gasteiger charge is -2.15. The number of anilines is 1. The van der Waals surface area contributed by atoms with Crippen LogP contribution in [0.1, 0.15) is 35.7 Å². The van der Waals surface area contributed by atoms with Gasteiger partial charge in [-0.25, -0.2) is 0 Å². The van der Waals surface area contributed by atoms with E-state index < -0.39 is 0 Å². The Kier molecular flexibility index (Phi) is 4.99. The molecule has 0 bridgehead atoms. The summed E-state index contributed by atoms with van der Waals surface area (Å²) in [7, 11) is 0. The zero-order chi connectivity index (χ0) is 15.2. The predicted octanol–water partition coefficient (Wildman–Crippen LogP) is 3.97. The summed E-state index contributed by atoms with van der Waals surface area (Å²) in [6.45, 7) is 4.94. The van der Waals surface area contributed by atoms with Crippen LogP contribution in [0.5, 0.6) is 0 Å². The second-order valence-corrected chi connectivity index (χ2v) is 5.17. The molecule has 0 aliphatic heterocycles. The van der Waals surface area contributed by atoms with E-state index in [-0.39, 0.29) is 5.91 Å². The summed E-state index contributed by atoms with van der Waals surface area (Å²) in [5, 5.41) is 3.31. The number of carbonyl (C=O) groups is 1. The van der Waals surface area contributed by atoms with E-state index >= 15 is 0 Å². The van der Waals surface area contributed by atoms with Crippen molar-refractivity contribution in [3.05, 3.63) is 53.6 Å². The number of nitrogens with two attached hydrogens (primary N) is 1. The van der Waals surface area contributed by atoms with Crippen molar-refractivity contribution < 1.29 is 4.79 Å². The smallest absolute Gasteiger partial charge is 0.251 e. The topological polar surface area (TPSA) is 55.1 Å². The van der Waals surface area contributed by atoms with Crippen LogP contribution in [0.25, 0.3) is 11.1 Å². The van der Waals surface area contributed by atoms with E-state index in [1.165, 1.54) is 0 Å². The molecule has 0 saturated carbocycles. The Bertz CT molecular complexity index is 621. The number of primary amides is 1. The standard InChI is InChI=1S/C18H22N2O/c1-3-4-12-20-16-11-10-15(13(2)17(16)18(19)21)14-8-6-5-7-9-14/h5-11,20H,3-4,12H2,1-2H3,(H2,19,21). The van der Waals surface area contributed by atoms with Crippen LogP contribution < -0.4 is 11.1 Å².